The van der Waals surface area contributed by atoms with Crippen molar-refractivity contribution in [1.82, 2.24) is 19.3 Å². The lowest BCUT2D eigenvalue weighted by atomic mass is 10.1. The van der Waals surface area contributed by atoms with Crippen molar-refractivity contribution in [2.45, 2.75) is 13.0 Å². The van der Waals surface area contributed by atoms with Gasteiger partial charge in [-0.15, -0.1) is 0 Å². The molecule has 0 N–H and O–H groups in total. The first-order valence-electron chi connectivity index (χ1n) is 7.63. The smallest absolute Gasteiger partial charge is 0.273 e. The van der Waals surface area contributed by atoms with Gasteiger partial charge in [0.05, 0.1) is 18.8 Å². The summed E-state index contributed by atoms with van der Waals surface area (Å²) < 4.78 is 7.56. The van der Waals surface area contributed by atoms with Crippen LogP contribution in [0.3, 0.4) is 0 Å². The highest BCUT2D eigenvalue weighted by Crippen LogP contribution is 2.25. The molecular formula is C17H15ClN4O2. The van der Waals surface area contributed by atoms with Crippen LogP contribution in [0.15, 0.2) is 42.7 Å². The van der Waals surface area contributed by atoms with Crippen molar-refractivity contribution in [2.24, 2.45) is 0 Å². The van der Waals surface area contributed by atoms with Crippen LogP contribution in [0.1, 0.15) is 16.2 Å². The SMILES string of the molecule is Cc1nc2ccccn2c1C(=O)N1CC(Oc2ncccc2Cl)C1. The van der Waals surface area contributed by atoms with Gasteiger partial charge in [0, 0.05) is 12.4 Å². The Balaban J connectivity index is 1.48. The number of hydrogen-bond acceptors (Lipinski definition) is 4. The zero-order chi connectivity index (χ0) is 16.7. The minimum Gasteiger partial charge on any atom is -0.470 e. The molecule has 0 bridgehead atoms. The van der Waals surface area contributed by atoms with Crippen LogP contribution in [0, 0.1) is 6.92 Å². The zero-order valence-electron chi connectivity index (χ0n) is 13.0. The van der Waals surface area contributed by atoms with Gasteiger partial charge in [-0.05, 0) is 31.2 Å². The number of amides is 1. The molecule has 3 aromatic rings. The molecule has 0 saturated carbocycles. The zero-order valence-corrected chi connectivity index (χ0v) is 13.8. The Hall–Kier alpha value is -2.60. The average Bonchev–Trinajstić information content (AvgIpc) is 2.87. The number of imidazole rings is 1. The van der Waals surface area contributed by atoms with E-state index >= 15 is 0 Å². The first-order valence-corrected chi connectivity index (χ1v) is 8.01. The predicted molar refractivity (Wildman–Crippen MR) is 89.5 cm³/mol. The number of pyridine rings is 2. The molecule has 3 aromatic heterocycles. The summed E-state index contributed by atoms with van der Waals surface area (Å²) in [7, 11) is 0. The molecule has 1 fully saturated rings. The lowest BCUT2D eigenvalue weighted by Gasteiger charge is -2.38. The number of carbonyl (C=O) groups is 1. The molecule has 0 radical (unpaired) electrons. The van der Waals surface area contributed by atoms with Gasteiger partial charge in [0.1, 0.15) is 22.5 Å². The van der Waals surface area contributed by atoms with Crippen molar-refractivity contribution >= 4 is 23.2 Å². The molecular weight excluding hydrogens is 328 g/mol. The number of rotatable bonds is 3. The molecule has 0 spiro atoms. The van der Waals surface area contributed by atoms with E-state index in [0.29, 0.717) is 29.7 Å². The number of ether oxygens (including phenoxy) is 1. The first-order chi connectivity index (χ1) is 11.6. The molecule has 1 amide bonds. The molecule has 6 nitrogen and oxygen atoms in total. The van der Waals surface area contributed by atoms with Gasteiger partial charge in [0.15, 0.2) is 0 Å². The lowest BCUT2D eigenvalue weighted by molar-refractivity contribution is 0.0155. The van der Waals surface area contributed by atoms with Crippen molar-refractivity contribution in [3.05, 3.63) is 59.1 Å². The van der Waals surface area contributed by atoms with Gasteiger partial charge >= 0.3 is 0 Å². The summed E-state index contributed by atoms with van der Waals surface area (Å²) in [6.45, 7) is 2.86. The van der Waals surface area contributed by atoms with Crippen LogP contribution in [0.5, 0.6) is 5.88 Å². The fraction of sp³-hybridized carbons (Fsp3) is 0.235. The van der Waals surface area contributed by atoms with E-state index in [9.17, 15) is 4.79 Å². The molecule has 0 unspecified atom stereocenters. The molecule has 24 heavy (non-hydrogen) atoms. The van der Waals surface area contributed by atoms with Crippen molar-refractivity contribution in [1.29, 1.82) is 0 Å². The topological polar surface area (TPSA) is 59.7 Å². The van der Waals surface area contributed by atoms with E-state index in [2.05, 4.69) is 9.97 Å². The van der Waals surface area contributed by atoms with Gasteiger partial charge < -0.3 is 9.64 Å². The van der Waals surface area contributed by atoms with E-state index in [1.54, 1.807) is 23.2 Å². The molecule has 1 aliphatic heterocycles. The molecule has 1 saturated heterocycles. The lowest BCUT2D eigenvalue weighted by Crippen LogP contribution is -2.56. The summed E-state index contributed by atoms with van der Waals surface area (Å²) in [5, 5.41) is 0.472. The first kappa shape index (κ1) is 15.0. The van der Waals surface area contributed by atoms with Crippen molar-refractivity contribution < 1.29 is 9.53 Å². The third-order valence-corrected chi connectivity index (χ3v) is 4.33. The summed E-state index contributed by atoms with van der Waals surface area (Å²) >= 11 is 6.04. The van der Waals surface area contributed by atoms with Gasteiger partial charge in [-0.2, -0.15) is 0 Å². The Morgan fingerprint density at radius 3 is 2.92 bits per heavy atom. The van der Waals surface area contributed by atoms with Crippen molar-refractivity contribution in [3.8, 4) is 5.88 Å². The fourth-order valence-corrected chi connectivity index (χ4v) is 2.98. The van der Waals surface area contributed by atoms with Crippen molar-refractivity contribution in [3.63, 3.8) is 0 Å². The number of aromatic nitrogens is 3. The van der Waals surface area contributed by atoms with Crippen molar-refractivity contribution in [2.75, 3.05) is 13.1 Å². The minimum absolute atomic E-state index is 0.0434. The van der Waals surface area contributed by atoms with E-state index in [4.69, 9.17) is 16.3 Å². The molecule has 7 heteroatoms. The van der Waals surface area contributed by atoms with Crippen LogP contribution in [0.25, 0.3) is 5.65 Å². The number of fused-ring (bicyclic) bond motifs is 1. The van der Waals surface area contributed by atoms with Gasteiger partial charge in [0.25, 0.3) is 5.91 Å². The van der Waals surface area contributed by atoms with Crippen LogP contribution in [-0.4, -0.2) is 44.4 Å². The Bertz CT molecular complexity index is 918. The van der Waals surface area contributed by atoms with Crippen LogP contribution < -0.4 is 4.74 Å². The third-order valence-electron chi connectivity index (χ3n) is 4.05. The van der Waals surface area contributed by atoms with Crippen LogP contribution >= 0.6 is 11.6 Å². The minimum atomic E-state index is -0.0964. The van der Waals surface area contributed by atoms with Gasteiger partial charge in [-0.25, -0.2) is 9.97 Å². The summed E-state index contributed by atoms with van der Waals surface area (Å²) in [6.07, 6.45) is 3.38. The number of likely N-dealkylation sites (tertiary alicyclic amines) is 1. The fourth-order valence-electron chi connectivity index (χ4n) is 2.82. The molecule has 0 atom stereocenters. The molecule has 0 aliphatic carbocycles. The second kappa shape index (κ2) is 5.79. The number of carbonyl (C=O) groups excluding carboxylic acids is 1. The van der Waals surface area contributed by atoms with Gasteiger partial charge in [-0.1, -0.05) is 17.7 Å². The third kappa shape index (κ3) is 2.49. The van der Waals surface area contributed by atoms with E-state index in [-0.39, 0.29) is 12.0 Å². The average molecular weight is 343 g/mol. The summed E-state index contributed by atoms with van der Waals surface area (Å²) in [4.78, 5) is 23.0. The maximum absolute atomic E-state index is 12.8. The van der Waals surface area contributed by atoms with E-state index in [1.807, 2.05) is 35.7 Å². The monoisotopic (exact) mass is 342 g/mol. The van der Waals surface area contributed by atoms with Gasteiger partial charge in [-0.3, -0.25) is 9.20 Å². The maximum Gasteiger partial charge on any atom is 0.273 e. The second-order valence-corrected chi connectivity index (χ2v) is 6.12. The maximum atomic E-state index is 12.8. The molecule has 4 heterocycles. The molecule has 122 valence electrons. The molecule has 1 aliphatic rings. The Labute approximate surface area is 143 Å². The summed E-state index contributed by atoms with van der Waals surface area (Å²) in [5.41, 5.74) is 2.09. The number of halogens is 1. The number of nitrogens with zero attached hydrogens (tertiary/aromatic N) is 4. The molecule has 0 aromatic carbocycles. The van der Waals surface area contributed by atoms with Crippen LogP contribution in [0.4, 0.5) is 0 Å². The number of hydrogen-bond donors (Lipinski definition) is 0. The van der Waals surface area contributed by atoms with E-state index in [1.165, 1.54) is 0 Å². The Morgan fingerprint density at radius 1 is 1.29 bits per heavy atom. The second-order valence-electron chi connectivity index (χ2n) is 5.72. The molecule has 4 rings (SSSR count). The predicted octanol–water partition coefficient (Wildman–Crippen LogP) is 2.59. The van der Waals surface area contributed by atoms with E-state index in [0.717, 1.165) is 11.3 Å². The number of aryl methyl sites for hydroxylation is 1. The standard InChI is InChI=1S/C17H15ClN4O2/c1-11-15(22-8-3-2-6-14(22)20-11)17(23)21-9-12(10-21)24-16-13(18)5-4-7-19-16/h2-8,12H,9-10H2,1H3. The highest BCUT2D eigenvalue weighted by molar-refractivity contribution is 6.31. The van der Waals surface area contributed by atoms with Gasteiger partial charge in [0.2, 0.25) is 5.88 Å². The Morgan fingerprint density at radius 2 is 2.12 bits per heavy atom. The normalized spacial score (nSPS) is 14.7. The van der Waals surface area contributed by atoms with Crippen LogP contribution in [0.2, 0.25) is 5.02 Å². The summed E-state index contributed by atoms with van der Waals surface area (Å²) in [6, 6.07) is 9.15. The Kier molecular flexibility index (Phi) is 3.61. The van der Waals surface area contributed by atoms with Crippen LogP contribution in [-0.2, 0) is 0 Å². The summed E-state index contributed by atoms with van der Waals surface area (Å²) in [5.74, 6) is 0.361. The highest BCUT2D eigenvalue weighted by Gasteiger charge is 2.35. The largest absolute Gasteiger partial charge is 0.470 e. The quantitative estimate of drug-likeness (QED) is 0.734. The van der Waals surface area contributed by atoms with E-state index < -0.39 is 0 Å². The highest BCUT2D eigenvalue weighted by atomic mass is 35.5.